The van der Waals surface area contributed by atoms with Crippen LogP contribution in [-0.2, 0) is 6.54 Å². The van der Waals surface area contributed by atoms with E-state index in [4.69, 9.17) is 5.26 Å². The number of benzene rings is 2. The Balaban J connectivity index is 1.70. The van der Waals surface area contributed by atoms with Crippen molar-refractivity contribution in [2.24, 2.45) is 0 Å². The zero-order valence-electron chi connectivity index (χ0n) is 12.6. The Bertz CT molecular complexity index is 890. The number of hydrogen-bond acceptors (Lipinski definition) is 6. The van der Waals surface area contributed by atoms with Gasteiger partial charge in [0.15, 0.2) is 5.82 Å². The number of nitrogens with one attached hydrogen (secondary N) is 2. The number of rotatable bonds is 5. The zero-order chi connectivity index (χ0) is 16.8. The normalized spacial score (nSPS) is 10.0. The van der Waals surface area contributed by atoms with Crippen LogP contribution in [0.15, 0.2) is 54.7 Å². The van der Waals surface area contributed by atoms with E-state index in [0.29, 0.717) is 16.9 Å². The van der Waals surface area contributed by atoms with Gasteiger partial charge < -0.3 is 10.6 Å². The van der Waals surface area contributed by atoms with Crippen molar-refractivity contribution in [3.05, 3.63) is 71.7 Å². The van der Waals surface area contributed by atoms with Crippen LogP contribution in [0.5, 0.6) is 0 Å². The molecule has 0 radical (unpaired) electrons. The van der Waals surface area contributed by atoms with Gasteiger partial charge in [0.25, 0.3) is 0 Å². The van der Waals surface area contributed by atoms with Gasteiger partial charge in [-0.3, -0.25) is 0 Å². The largest absolute Gasteiger partial charge is 0.349 e. The quantitative estimate of drug-likeness (QED) is 0.750. The summed E-state index contributed by atoms with van der Waals surface area (Å²) in [6, 6.07) is 15.6. The van der Waals surface area contributed by atoms with Crippen LogP contribution >= 0.6 is 0 Å². The highest BCUT2D eigenvalue weighted by Crippen LogP contribution is 2.16. The molecular formula is C17H13FN6. The average Bonchev–Trinajstić information content (AvgIpc) is 2.61. The van der Waals surface area contributed by atoms with Crippen LogP contribution in [-0.4, -0.2) is 15.2 Å². The minimum atomic E-state index is -0.291. The third-order valence-electron chi connectivity index (χ3n) is 3.22. The summed E-state index contributed by atoms with van der Waals surface area (Å²) in [5.41, 5.74) is 1.77. The van der Waals surface area contributed by atoms with E-state index in [0.717, 1.165) is 5.69 Å². The van der Waals surface area contributed by atoms with E-state index in [1.54, 1.807) is 36.4 Å². The first-order valence-corrected chi connectivity index (χ1v) is 7.19. The Morgan fingerprint density at radius 3 is 2.83 bits per heavy atom. The molecule has 24 heavy (non-hydrogen) atoms. The summed E-state index contributed by atoms with van der Waals surface area (Å²) in [4.78, 5) is 4.27. The third-order valence-corrected chi connectivity index (χ3v) is 3.22. The monoisotopic (exact) mass is 320 g/mol. The van der Waals surface area contributed by atoms with Crippen molar-refractivity contribution in [3.63, 3.8) is 0 Å². The average molecular weight is 320 g/mol. The fraction of sp³-hybridized carbons (Fsp3) is 0.0588. The minimum absolute atomic E-state index is 0.252. The summed E-state index contributed by atoms with van der Waals surface area (Å²) in [6.45, 7) is 0.252. The van der Waals surface area contributed by atoms with Crippen molar-refractivity contribution in [2.45, 2.75) is 6.54 Å². The van der Waals surface area contributed by atoms with Gasteiger partial charge in [-0.1, -0.05) is 24.3 Å². The third kappa shape index (κ3) is 3.81. The van der Waals surface area contributed by atoms with Crippen LogP contribution < -0.4 is 10.6 Å². The second-order valence-electron chi connectivity index (χ2n) is 4.93. The molecule has 0 aliphatic heterocycles. The first-order valence-electron chi connectivity index (χ1n) is 7.19. The number of anilines is 3. The molecule has 0 unspecified atom stereocenters. The maximum Gasteiger partial charge on any atom is 0.244 e. The second-order valence-corrected chi connectivity index (χ2v) is 4.93. The molecule has 3 aromatic rings. The van der Waals surface area contributed by atoms with Gasteiger partial charge in [0.2, 0.25) is 5.95 Å². The van der Waals surface area contributed by atoms with E-state index in [9.17, 15) is 4.39 Å². The molecule has 0 saturated heterocycles. The first kappa shape index (κ1) is 15.4. The van der Waals surface area contributed by atoms with Gasteiger partial charge in [-0.15, -0.1) is 5.10 Å². The van der Waals surface area contributed by atoms with Gasteiger partial charge in [-0.05, 0) is 24.3 Å². The van der Waals surface area contributed by atoms with Crippen LogP contribution in [0.2, 0.25) is 0 Å². The zero-order valence-corrected chi connectivity index (χ0v) is 12.6. The van der Waals surface area contributed by atoms with E-state index in [1.807, 2.05) is 6.07 Å². The summed E-state index contributed by atoms with van der Waals surface area (Å²) in [5.74, 6) is 0.455. The lowest BCUT2D eigenvalue weighted by Gasteiger charge is -2.08. The molecule has 0 saturated carbocycles. The fourth-order valence-corrected chi connectivity index (χ4v) is 2.07. The Morgan fingerprint density at radius 1 is 1.12 bits per heavy atom. The highest BCUT2D eigenvalue weighted by molar-refractivity contribution is 5.58. The van der Waals surface area contributed by atoms with Gasteiger partial charge in [0.05, 0.1) is 17.8 Å². The van der Waals surface area contributed by atoms with E-state index < -0.39 is 0 Å². The van der Waals surface area contributed by atoms with Crippen molar-refractivity contribution in [1.82, 2.24) is 15.2 Å². The van der Waals surface area contributed by atoms with Crippen LogP contribution in [0, 0.1) is 17.1 Å². The number of nitriles is 1. The molecule has 3 rings (SSSR count). The van der Waals surface area contributed by atoms with Crippen LogP contribution in [0.4, 0.5) is 21.8 Å². The summed E-state index contributed by atoms with van der Waals surface area (Å²) in [7, 11) is 0. The summed E-state index contributed by atoms with van der Waals surface area (Å²) in [5, 5.41) is 22.6. The maximum absolute atomic E-state index is 13.6. The van der Waals surface area contributed by atoms with Crippen molar-refractivity contribution >= 4 is 17.5 Å². The van der Waals surface area contributed by atoms with E-state index in [-0.39, 0.29) is 18.3 Å². The minimum Gasteiger partial charge on any atom is -0.349 e. The summed E-state index contributed by atoms with van der Waals surface area (Å²) < 4.78 is 13.6. The molecule has 2 aromatic carbocycles. The van der Waals surface area contributed by atoms with E-state index in [2.05, 4.69) is 31.9 Å². The molecular weight excluding hydrogens is 307 g/mol. The van der Waals surface area contributed by atoms with Gasteiger partial charge in [0, 0.05) is 17.8 Å². The van der Waals surface area contributed by atoms with Gasteiger partial charge in [-0.2, -0.15) is 15.3 Å². The highest BCUT2D eigenvalue weighted by Gasteiger charge is 2.04. The lowest BCUT2D eigenvalue weighted by molar-refractivity contribution is 0.612. The predicted molar refractivity (Wildman–Crippen MR) is 88.0 cm³/mol. The van der Waals surface area contributed by atoms with Gasteiger partial charge in [0.1, 0.15) is 5.82 Å². The van der Waals surface area contributed by atoms with Crippen molar-refractivity contribution in [1.29, 1.82) is 5.26 Å². The lowest BCUT2D eigenvalue weighted by atomic mass is 10.2. The molecule has 2 N–H and O–H groups in total. The molecule has 0 spiro atoms. The molecule has 7 heteroatoms. The van der Waals surface area contributed by atoms with Gasteiger partial charge >= 0.3 is 0 Å². The molecule has 0 atom stereocenters. The molecule has 0 aliphatic rings. The SMILES string of the molecule is N#Cc1cccc(Nc2cnnc(NCc3ccccc3F)n2)c1. The number of hydrogen-bond donors (Lipinski definition) is 2. The van der Waals surface area contributed by atoms with Crippen LogP contribution in [0.1, 0.15) is 11.1 Å². The molecule has 6 nitrogen and oxygen atoms in total. The molecule has 0 aliphatic carbocycles. The Morgan fingerprint density at radius 2 is 2.00 bits per heavy atom. The molecule has 1 aromatic heterocycles. The van der Waals surface area contributed by atoms with E-state index >= 15 is 0 Å². The maximum atomic E-state index is 13.6. The Hall–Kier alpha value is -3.53. The van der Waals surface area contributed by atoms with Gasteiger partial charge in [-0.25, -0.2) is 4.39 Å². The van der Waals surface area contributed by atoms with E-state index in [1.165, 1.54) is 12.3 Å². The summed E-state index contributed by atoms with van der Waals surface area (Å²) >= 11 is 0. The molecule has 118 valence electrons. The molecule has 0 fully saturated rings. The first-order chi connectivity index (χ1) is 11.7. The topological polar surface area (TPSA) is 86.5 Å². The summed E-state index contributed by atoms with van der Waals surface area (Å²) in [6.07, 6.45) is 1.47. The van der Waals surface area contributed by atoms with Crippen molar-refractivity contribution in [2.75, 3.05) is 10.6 Å². The standard InChI is InChI=1S/C17H13FN6/c18-15-7-2-1-5-13(15)10-20-17-23-16(11-21-24-17)22-14-6-3-4-12(8-14)9-19/h1-8,11H,10H2,(H2,20,22,23,24). The number of halogens is 1. The molecule has 0 amide bonds. The highest BCUT2D eigenvalue weighted by atomic mass is 19.1. The number of aromatic nitrogens is 3. The molecule has 1 heterocycles. The van der Waals surface area contributed by atoms with Crippen LogP contribution in [0.25, 0.3) is 0 Å². The fourth-order valence-electron chi connectivity index (χ4n) is 2.07. The Labute approximate surface area is 138 Å². The number of nitrogens with zero attached hydrogens (tertiary/aromatic N) is 4. The smallest absolute Gasteiger partial charge is 0.244 e. The predicted octanol–water partition coefficient (Wildman–Crippen LogP) is 3.24. The lowest BCUT2D eigenvalue weighted by Crippen LogP contribution is -2.07. The van der Waals surface area contributed by atoms with Crippen molar-refractivity contribution in [3.8, 4) is 6.07 Å². The Kier molecular flexibility index (Phi) is 4.58. The van der Waals surface area contributed by atoms with Crippen LogP contribution in [0.3, 0.4) is 0 Å². The molecule has 0 bridgehead atoms. The van der Waals surface area contributed by atoms with Crippen molar-refractivity contribution < 1.29 is 4.39 Å². The second kappa shape index (κ2) is 7.15.